The number of amides is 1. The molecule has 20 heavy (non-hydrogen) atoms. The smallest absolute Gasteiger partial charge is 0.255 e. The van der Waals surface area contributed by atoms with Crippen LogP contribution in [0.3, 0.4) is 0 Å². The zero-order valence-corrected chi connectivity index (χ0v) is 12.5. The fourth-order valence-electron chi connectivity index (χ4n) is 1.68. The second-order valence-corrected chi connectivity index (χ2v) is 4.77. The Morgan fingerprint density at radius 3 is 2.95 bits per heavy atom. The number of halogens is 1. The van der Waals surface area contributed by atoms with Gasteiger partial charge in [0.1, 0.15) is 10.4 Å². The van der Waals surface area contributed by atoms with Crippen LogP contribution in [-0.2, 0) is 0 Å². The molecule has 0 bridgehead atoms. The summed E-state index contributed by atoms with van der Waals surface area (Å²) in [6.45, 7) is 2.38. The molecule has 1 aromatic heterocycles. The Kier molecular flexibility index (Phi) is 4.57. The Bertz CT molecular complexity index is 632. The summed E-state index contributed by atoms with van der Waals surface area (Å²) < 4.78 is 5.94. The van der Waals surface area contributed by atoms with Gasteiger partial charge in [0, 0.05) is 23.5 Å². The Hall–Kier alpha value is -2.08. The number of rotatable bonds is 4. The molecule has 3 N–H and O–H groups in total. The number of anilines is 2. The number of pyridine rings is 1. The topological polar surface area (TPSA) is 77.2 Å². The predicted molar refractivity (Wildman–Crippen MR) is 81.9 cm³/mol. The van der Waals surface area contributed by atoms with Crippen LogP contribution < -0.4 is 15.8 Å². The van der Waals surface area contributed by atoms with Crippen LogP contribution in [0.5, 0.6) is 5.75 Å². The van der Waals surface area contributed by atoms with Gasteiger partial charge in [0.25, 0.3) is 5.91 Å². The van der Waals surface area contributed by atoms with Crippen molar-refractivity contribution in [1.29, 1.82) is 0 Å². The van der Waals surface area contributed by atoms with Gasteiger partial charge in [0.05, 0.1) is 12.3 Å². The Balaban J connectivity index is 2.23. The number of nitrogens with one attached hydrogen (secondary N) is 1. The Morgan fingerprint density at radius 1 is 1.45 bits per heavy atom. The number of nitrogens with zero attached hydrogens (tertiary/aromatic N) is 1. The molecular formula is C14H14BrN3O2. The maximum Gasteiger partial charge on any atom is 0.255 e. The summed E-state index contributed by atoms with van der Waals surface area (Å²) in [4.78, 5) is 16.2. The van der Waals surface area contributed by atoms with Crippen LogP contribution in [0.1, 0.15) is 17.3 Å². The van der Waals surface area contributed by atoms with Crippen molar-refractivity contribution in [3.63, 3.8) is 0 Å². The highest BCUT2D eigenvalue weighted by atomic mass is 79.9. The minimum absolute atomic E-state index is 0.271. The van der Waals surface area contributed by atoms with Gasteiger partial charge in [-0.1, -0.05) is 0 Å². The van der Waals surface area contributed by atoms with E-state index in [0.29, 0.717) is 33.9 Å². The molecule has 2 aromatic rings. The number of carbonyl (C=O) groups excluding carboxylic acids is 1. The maximum absolute atomic E-state index is 12.2. The van der Waals surface area contributed by atoms with E-state index in [1.54, 1.807) is 36.5 Å². The second-order valence-electron chi connectivity index (χ2n) is 4.02. The zero-order valence-electron chi connectivity index (χ0n) is 10.9. The SMILES string of the molecule is CCOc1cc(N)cc(C(=O)Nc2cccnc2Br)c1. The number of carbonyl (C=O) groups is 1. The van der Waals surface area contributed by atoms with Crippen LogP contribution in [0.4, 0.5) is 11.4 Å². The number of hydrogen-bond acceptors (Lipinski definition) is 4. The third-order valence-corrected chi connectivity index (χ3v) is 3.14. The van der Waals surface area contributed by atoms with Crippen LogP contribution in [0.25, 0.3) is 0 Å². The van der Waals surface area contributed by atoms with Crippen LogP contribution in [-0.4, -0.2) is 17.5 Å². The van der Waals surface area contributed by atoms with E-state index in [1.165, 1.54) is 0 Å². The number of nitrogen functional groups attached to an aromatic ring is 1. The van der Waals surface area contributed by atoms with Gasteiger partial charge in [-0.3, -0.25) is 4.79 Å². The summed E-state index contributed by atoms with van der Waals surface area (Å²) in [6, 6.07) is 8.43. The first-order valence-electron chi connectivity index (χ1n) is 6.05. The number of hydrogen-bond donors (Lipinski definition) is 2. The molecule has 0 unspecified atom stereocenters. The van der Waals surface area contributed by atoms with Crippen LogP contribution in [0, 0.1) is 0 Å². The average molecular weight is 336 g/mol. The van der Waals surface area contributed by atoms with E-state index in [9.17, 15) is 4.79 Å². The summed E-state index contributed by atoms with van der Waals surface area (Å²) in [6.07, 6.45) is 1.63. The van der Waals surface area contributed by atoms with E-state index in [-0.39, 0.29) is 5.91 Å². The van der Waals surface area contributed by atoms with Crippen LogP contribution >= 0.6 is 15.9 Å². The van der Waals surface area contributed by atoms with Gasteiger partial charge in [-0.15, -0.1) is 0 Å². The van der Waals surface area contributed by atoms with Crippen molar-refractivity contribution in [2.75, 3.05) is 17.7 Å². The van der Waals surface area contributed by atoms with Crippen molar-refractivity contribution in [3.8, 4) is 5.75 Å². The van der Waals surface area contributed by atoms with Gasteiger partial charge in [-0.05, 0) is 47.1 Å². The highest BCUT2D eigenvalue weighted by Gasteiger charge is 2.10. The van der Waals surface area contributed by atoms with Crippen molar-refractivity contribution < 1.29 is 9.53 Å². The molecule has 0 spiro atoms. The normalized spacial score (nSPS) is 10.1. The lowest BCUT2D eigenvalue weighted by Gasteiger charge is -2.09. The minimum atomic E-state index is -0.271. The lowest BCUT2D eigenvalue weighted by atomic mass is 10.1. The first-order chi connectivity index (χ1) is 9.60. The molecule has 0 saturated carbocycles. The van der Waals surface area contributed by atoms with Crippen molar-refractivity contribution >= 4 is 33.2 Å². The first kappa shape index (κ1) is 14.3. The fraction of sp³-hybridized carbons (Fsp3) is 0.143. The third-order valence-electron chi connectivity index (χ3n) is 2.51. The van der Waals surface area contributed by atoms with Crippen molar-refractivity contribution in [3.05, 3.63) is 46.7 Å². The molecular weight excluding hydrogens is 322 g/mol. The first-order valence-corrected chi connectivity index (χ1v) is 6.84. The van der Waals surface area contributed by atoms with Crippen molar-refractivity contribution in [2.45, 2.75) is 6.92 Å². The predicted octanol–water partition coefficient (Wildman–Crippen LogP) is 3.08. The molecule has 0 fully saturated rings. The van der Waals surface area contributed by atoms with E-state index in [1.807, 2.05) is 6.92 Å². The molecule has 0 radical (unpaired) electrons. The number of benzene rings is 1. The maximum atomic E-state index is 12.2. The summed E-state index contributed by atoms with van der Waals surface area (Å²) in [5.41, 5.74) is 7.28. The molecule has 2 rings (SSSR count). The monoisotopic (exact) mass is 335 g/mol. The van der Waals surface area contributed by atoms with Crippen LogP contribution in [0.2, 0.25) is 0 Å². The quantitative estimate of drug-likeness (QED) is 0.664. The summed E-state index contributed by atoms with van der Waals surface area (Å²) in [7, 11) is 0. The average Bonchev–Trinajstić information content (AvgIpc) is 2.41. The van der Waals surface area contributed by atoms with Gasteiger partial charge in [0.2, 0.25) is 0 Å². The van der Waals surface area contributed by atoms with Gasteiger partial charge in [0.15, 0.2) is 0 Å². The molecule has 0 aliphatic heterocycles. The molecule has 0 saturated heterocycles. The molecule has 0 atom stereocenters. The van der Waals surface area contributed by atoms with E-state index < -0.39 is 0 Å². The second kappa shape index (κ2) is 6.38. The molecule has 1 aromatic carbocycles. The molecule has 0 aliphatic rings. The minimum Gasteiger partial charge on any atom is -0.494 e. The largest absolute Gasteiger partial charge is 0.494 e. The summed E-state index contributed by atoms with van der Waals surface area (Å²) in [5, 5.41) is 2.76. The van der Waals surface area contributed by atoms with Gasteiger partial charge in [-0.2, -0.15) is 0 Å². The van der Waals surface area contributed by atoms with E-state index in [4.69, 9.17) is 10.5 Å². The molecule has 6 heteroatoms. The summed E-state index contributed by atoms with van der Waals surface area (Å²) >= 11 is 3.28. The lowest BCUT2D eigenvalue weighted by molar-refractivity contribution is 0.102. The van der Waals surface area contributed by atoms with Gasteiger partial charge < -0.3 is 15.8 Å². The lowest BCUT2D eigenvalue weighted by Crippen LogP contribution is -2.13. The highest BCUT2D eigenvalue weighted by Crippen LogP contribution is 2.22. The Morgan fingerprint density at radius 2 is 2.25 bits per heavy atom. The van der Waals surface area contributed by atoms with E-state index in [2.05, 4.69) is 26.2 Å². The molecule has 0 aliphatic carbocycles. The van der Waals surface area contributed by atoms with Gasteiger partial charge >= 0.3 is 0 Å². The van der Waals surface area contributed by atoms with E-state index in [0.717, 1.165) is 0 Å². The molecule has 1 amide bonds. The van der Waals surface area contributed by atoms with Crippen molar-refractivity contribution in [1.82, 2.24) is 4.98 Å². The van der Waals surface area contributed by atoms with Crippen molar-refractivity contribution in [2.24, 2.45) is 0 Å². The van der Waals surface area contributed by atoms with E-state index >= 15 is 0 Å². The molecule has 104 valence electrons. The van der Waals surface area contributed by atoms with Gasteiger partial charge in [-0.25, -0.2) is 4.98 Å². The zero-order chi connectivity index (χ0) is 14.5. The Labute approximate surface area is 125 Å². The fourth-order valence-corrected chi connectivity index (χ4v) is 2.03. The summed E-state index contributed by atoms with van der Waals surface area (Å²) in [5.74, 6) is 0.301. The van der Waals surface area contributed by atoms with Crippen LogP contribution in [0.15, 0.2) is 41.1 Å². The standard InChI is InChI=1S/C14H14BrN3O2/c1-2-20-11-7-9(6-10(16)8-11)14(19)18-12-4-3-5-17-13(12)15/h3-8H,2,16H2,1H3,(H,18,19). The molecule has 1 heterocycles. The molecule has 5 nitrogen and oxygen atoms in total. The highest BCUT2D eigenvalue weighted by molar-refractivity contribution is 9.10. The number of aromatic nitrogens is 1. The number of nitrogens with two attached hydrogens (primary N) is 1. The number of ether oxygens (including phenoxy) is 1. The third kappa shape index (κ3) is 3.48.